The SMILES string of the molecule is CNC1CCC(C)CC1Oc1ccc(F)cc1F. The quantitative estimate of drug-likeness (QED) is 0.896. The first-order chi connectivity index (χ1) is 8.60. The van der Waals surface area contributed by atoms with Gasteiger partial charge in [0.25, 0.3) is 0 Å². The molecular formula is C14H19F2NO. The molecule has 18 heavy (non-hydrogen) atoms. The first-order valence-corrected chi connectivity index (χ1v) is 6.39. The third-order valence-corrected chi connectivity index (χ3v) is 3.60. The predicted molar refractivity (Wildman–Crippen MR) is 66.6 cm³/mol. The van der Waals surface area contributed by atoms with Crippen molar-refractivity contribution in [3.05, 3.63) is 29.8 Å². The van der Waals surface area contributed by atoms with Crippen LogP contribution in [0.2, 0.25) is 0 Å². The maximum atomic E-state index is 13.5. The van der Waals surface area contributed by atoms with Crippen molar-refractivity contribution in [2.24, 2.45) is 5.92 Å². The van der Waals surface area contributed by atoms with Gasteiger partial charge in [0.05, 0.1) is 0 Å². The number of nitrogens with one attached hydrogen (secondary N) is 1. The minimum Gasteiger partial charge on any atom is -0.486 e. The molecule has 1 aliphatic rings. The van der Waals surface area contributed by atoms with Gasteiger partial charge in [-0.2, -0.15) is 0 Å². The van der Waals surface area contributed by atoms with Crippen LogP contribution in [-0.4, -0.2) is 19.2 Å². The number of hydrogen-bond donors (Lipinski definition) is 1. The number of hydrogen-bond acceptors (Lipinski definition) is 2. The molecule has 2 rings (SSSR count). The Bertz CT molecular complexity index is 411. The van der Waals surface area contributed by atoms with Crippen molar-refractivity contribution in [1.29, 1.82) is 0 Å². The van der Waals surface area contributed by atoms with E-state index in [-0.39, 0.29) is 17.9 Å². The number of halogens is 2. The molecule has 1 fully saturated rings. The van der Waals surface area contributed by atoms with Gasteiger partial charge in [-0.25, -0.2) is 8.78 Å². The fourth-order valence-electron chi connectivity index (χ4n) is 2.52. The van der Waals surface area contributed by atoms with Crippen molar-refractivity contribution in [3.63, 3.8) is 0 Å². The fraction of sp³-hybridized carbons (Fsp3) is 0.571. The second-order valence-electron chi connectivity index (χ2n) is 5.04. The third-order valence-electron chi connectivity index (χ3n) is 3.60. The van der Waals surface area contributed by atoms with Crippen LogP contribution in [0.1, 0.15) is 26.2 Å². The molecule has 3 unspecified atom stereocenters. The molecule has 0 aliphatic heterocycles. The Labute approximate surface area is 106 Å². The summed E-state index contributed by atoms with van der Waals surface area (Å²) in [4.78, 5) is 0. The van der Waals surface area contributed by atoms with E-state index in [9.17, 15) is 8.78 Å². The van der Waals surface area contributed by atoms with Crippen LogP contribution >= 0.6 is 0 Å². The van der Waals surface area contributed by atoms with Gasteiger partial charge in [0, 0.05) is 12.1 Å². The van der Waals surface area contributed by atoms with Crippen LogP contribution in [-0.2, 0) is 0 Å². The van der Waals surface area contributed by atoms with Crippen LogP contribution in [0.15, 0.2) is 18.2 Å². The molecule has 1 aromatic carbocycles. The molecule has 1 saturated carbocycles. The maximum absolute atomic E-state index is 13.5. The van der Waals surface area contributed by atoms with Crippen LogP contribution in [0.5, 0.6) is 5.75 Å². The average molecular weight is 255 g/mol. The molecular weight excluding hydrogens is 236 g/mol. The molecule has 2 nitrogen and oxygen atoms in total. The van der Waals surface area contributed by atoms with Crippen LogP contribution in [0.25, 0.3) is 0 Å². The van der Waals surface area contributed by atoms with E-state index in [1.54, 1.807) is 0 Å². The zero-order chi connectivity index (χ0) is 13.1. The van der Waals surface area contributed by atoms with E-state index >= 15 is 0 Å². The molecule has 0 aromatic heterocycles. The van der Waals surface area contributed by atoms with E-state index in [4.69, 9.17) is 4.74 Å². The van der Waals surface area contributed by atoms with E-state index in [1.807, 2.05) is 7.05 Å². The normalized spacial score (nSPS) is 28.1. The van der Waals surface area contributed by atoms with E-state index in [1.165, 1.54) is 12.1 Å². The number of likely N-dealkylation sites (N-methyl/N-ethyl adjacent to an activating group) is 1. The molecule has 100 valence electrons. The zero-order valence-electron chi connectivity index (χ0n) is 10.7. The van der Waals surface area contributed by atoms with Gasteiger partial charge in [-0.3, -0.25) is 0 Å². The highest BCUT2D eigenvalue weighted by Gasteiger charge is 2.29. The molecule has 0 heterocycles. The molecule has 3 atom stereocenters. The van der Waals surface area contributed by atoms with Crippen molar-refractivity contribution < 1.29 is 13.5 Å². The summed E-state index contributed by atoms with van der Waals surface area (Å²) in [7, 11) is 1.89. The van der Waals surface area contributed by atoms with Crippen molar-refractivity contribution in [2.45, 2.75) is 38.3 Å². The predicted octanol–water partition coefficient (Wildman–Crippen LogP) is 3.12. The molecule has 4 heteroatoms. The highest BCUT2D eigenvalue weighted by molar-refractivity contribution is 5.25. The maximum Gasteiger partial charge on any atom is 0.167 e. The first-order valence-electron chi connectivity index (χ1n) is 6.39. The van der Waals surface area contributed by atoms with Crippen molar-refractivity contribution in [1.82, 2.24) is 5.32 Å². The summed E-state index contributed by atoms with van der Waals surface area (Å²) in [5.74, 6) is -0.510. The number of ether oxygens (including phenoxy) is 1. The van der Waals surface area contributed by atoms with Gasteiger partial charge in [0.15, 0.2) is 11.6 Å². The van der Waals surface area contributed by atoms with Gasteiger partial charge in [-0.1, -0.05) is 6.92 Å². The van der Waals surface area contributed by atoms with E-state index < -0.39 is 11.6 Å². The van der Waals surface area contributed by atoms with Crippen LogP contribution in [0.4, 0.5) is 8.78 Å². The van der Waals surface area contributed by atoms with Crippen molar-refractivity contribution >= 4 is 0 Å². The Balaban J connectivity index is 2.10. The summed E-state index contributed by atoms with van der Waals surface area (Å²) < 4.78 is 32.1. The Hall–Kier alpha value is -1.16. The molecule has 0 amide bonds. The summed E-state index contributed by atoms with van der Waals surface area (Å²) in [6, 6.07) is 3.66. The summed E-state index contributed by atoms with van der Waals surface area (Å²) in [5.41, 5.74) is 0. The lowest BCUT2D eigenvalue weighted by molar-refractivity contribution is 0.0903. The smallest absolute Gasteiger partial charge is 0.167 e. The summed E-state index contributed by atoms with van der Waals surface area (Å²) >= 11 is 0. The minimum absolute atomic E-state index is 0.0567. The Kier molecular flexibility index (Phi) is 4.17. The van der Waals surface area contributed by atoms with Crippen LogP contribution < -0.4 is 10.1 Å². The molecule has 1 aliphatic carbocycles. The molecule has 1 N–H and O–H groups in total. The lowest BCUT2D eigenvalue weighted by atomic mass is 9.85. The third kappa shape index (κ3) is 2.99. The molecule has 1 aromatic rings. The van der Waals surface area contributed by atoms with Gasteiger partial charge in [0.2, 0.25) is 0 Å². The number of benzene rings is 1. The summed E-state index contributed by atoms with van der Waals surface area (Å²) in [6.45, 7) is 2.17. The van der Waals surface area contributed by atoms with Crippen molar-refractivity contribution in [3.8, 4) is 5.75 Å². The minimum atomic E-state index is -0.636. The van der Waals surface area contributed by atoms with E-state index in [0.29, 0.717) is 5.92 Å². The first kappa shape index (κ1) is 13.3. The monoisotopic (exact) mass is 255 g/mol. The standard InChI is InChI=1S/C14H19F2NO/c1-9-3-5-12(17-2)14(7-9)18-13-6-4-10(15)8-11(13)16/h4,6,8-9,12,14,17H,3,5,7H2,1-2H3. The molecule has 0 saturated heterocycles. The average Bonchev–Trinajstić information content (AvgIpc) is 2.33. The Morgan fingerprint density at radius 2 is 2.06 bits per heavy atom. The number of rotatable bonds is 3. The lowest BCUT2D eigenvalue weighted by Gasteiger charge is -2.34. The van der Waals surface area contributed by atoms with Gasteiger partial charge >= 0.3 is 0 Å². The molecule has 0 bridgehead atoms. The fourth-order valence-corrected chi connectivity index (χ4v) is 2.52. The Morgan fingerprint density at radius 1 is 1.28 bits per heavy atom. The van der Waals surface area contributed by atoms with Gasteiger partial charge in [-0.15, -0.1) is 0 Å². The van der Waals surface area contributed by atoms with Crippen LogP contribution in [0.3, 0.4) is 0 Å². The highest BCUT2D eigenvalue weighted by atomic mass is 19.1. The largest absolute Gasteiger partial charge is 0.486 e. The summed E-state index contributed by atoms with van der Waals surface area (Å²) in [5, 5.41) is 3.20. The molecule has 0 radical (unpaired) electrons. The second kappa shape index (κ2) is 5.65. The van der Waals surface area contributed by atoms with E-state index in [2.05, 4.69) is 12.2 Å². The highest BCUT2D eigenvalue weighted by Crippen LogP contribution is 2.29. The Morgan fingerprint density at radius 3 is 2.72 bits per heavy atom. The topological polar surface area (TPSA) is 21.3 Å². The van der Waals surface area contributed by atoms with Gasteiger partial charge < -0.3 is 10.1 Å². The van der Waals surface area contributed by atoms with E-state index in [0.717, 1.165) is 25.3 Å². The van der Waals surface area contributed by atoms with Gasteiger partial charge in [0.1, 0.15) is 11.9 Å². The van der Waals surface area contributed by atoms with Gasteiger partial charge in [-0.05, 0) is 44.4 Å². The second-order valence-corrected chi connectivity index (χ2v) is 5.04. The lowest BCUT2D eigenvalue weighted by Crippen LogP contribution is -2.45. The van der Waals surface area contributed by atoms with Crippen LogP contribution in [0, 0.1) is 17.6 Å². The summed E-state index contributed by atoms with van der Waals surface area (Å²) in [6.07, 6.45) is 3.00. The zero-order valence-corrected chi connectivity index (χ0v) is 10.7. The van der Waals surface area contributed by atoms with Crippen molar-refractivity contribution in [2.75, 3.05) is 7.05 Å². The molecule has 0 spiro atoms.